The van der Waals surface area contributed by atoms with Gasteiger partial charge in [-0.3, -0.25) is 4.57 Å². The molecule has 0 radical (unpaired) electrons. The van der Waals surface area contributed by atoms with E-state index in [1.807, 2.05) is 98.8 Å². The van der Waals surface area contributed by atoms with Gasteiger partial charge in [-0.05, 0) is 49.2 Å². The van der Waals surface area contributed by atoms with Crippen LogP contribution in [0, 0.1) is 6.92 Å². The standard InChI is InChI=1S/C21H20NOP/c1-17-11-9-10-16-21(17)18(2)22-24(23,19-12-5-3-6-13-19)20-14-7-4-8-15-20/h3-16H,1-2H3/b22-18+. The molecule has 0 N–H and O–H groups in total. The van der Waals surface area contributed by atoms with Crippen LogP contribution in [-0.4, -0.2) is 5.71 Å². The maximum Gasteiger partial charge on any atom is 0.247 e. The van der Waals surface area contributed by atoms with Gasteiger partial charge < -0.3 is 0 Å². The maximum atomic E-state index is 13.9. The Hall–Kier alpha value is -2.44. The normalized spacial score (nSPS) is 12.2. The van der Waals surface area contributed by atoms with Crippen LogP contribution in [0.5, 0.6) is 0 Å². The fourth-order valence-corrected chi connectivity index (χ4v) is 4.98. The second-order valence-electron chi connectivity index (χ2n) is 5.75. The lowest BCUT2D eigenvalue weighted by Gasteiger charge is -2.16. The minimum Gasteiger partial charge on any atom is -0.288 e. The summed E-state index contributed by atoms with van der Waals surface area (Å²) in [7, 11) is -3.08. The van der Waals surface area contributed by atoms with Crippen LogP contribution in [0.25, 0.3) is 0 Å². The monoisotopic (exact) mass is 333 g/mol. The van der Waals surface area contributed by atoms with Crippen molar-refractivity contribution in [3.8, 4) is 0 Å². The van der Waals surface area contributed by atoms with E-state index in [-0.39, 0.29) is 0 Å². The van der Waals surface area contributed by atoms with Crippen molar-refractivity contribution < 1.29 is 4.57 Å². The van der Waals surface area contributed by atoms with Crippen molar-refractivity contribution in [2.75, 3.05) is 0 Å². The SMILES string of the molecule is C/C(=N\P(=O)(c1ccccc1)c1ccccc1)c1ccccc1C. The van der Waals surface area contributed by atoms with E-state index in [2.05, 4.69) is 0 Å². The first kappa shape index (κ1) is 16.4. The number of hydrogen-bond donors (Lipinski definition) is 0. The third kappa shape index (κ3) is 3.25. The molecule has 0 amide bonds. The smallest absolute Gasteiger partial charge is 0.247 e. The molecule has 3 aromatic rings. The minimum absolute atomic E-state index is 0.754. The predicted octanol–water partition coefficient (Wildman–Crippen LogP) is 4.73. The summed E-state index contributed by atoms with van der Waals surface area (Å²) in [5.74, 6) is 0. The molecule has 0 saturated carbocycles. The van der Waals surface area contributed by atoms with Gasteiger partial charge in [-0.2, -0.15) is 0 Å². The molecule has 120 valence electrons. The highest BCUT2D eigenvalue weighted by Crippen LogP contribution is 2.45. The summed E-state index contributed by atoms with van der Waals surface area (Å²) >= 11 is 0. The molecule has 3 heteroatoms. The number of rotatable bonds is 4. The van der Waals surface area contributed by atoms with Crippen molar-refractivity contribution >= 4 is 23.6 Å². The zero-order chi connectivity index (χ0) is 17.0. The fourth-order valence-electron chi connectivity index (χ4n) is 2.77. The molecule has 2 nitrogen and oxygen atoms in total. The molecule has 0 fully saturated rings. The van der Waals surface area contributed by atoms with Crippen molar-refractivity contribution in [2.24, 2.45) is 4.76 Å². The number of nitrogens with zero attached hydrogens (tertiary/aromatic N) is 1. The molecule has 0 spiro atoms. The molecule has 3 aromatic carbocycles. The number of aryl methyl sites for hydroxylation is 1. The maximum absolute atomic E-state index is 13.9. The zero-order valence-corrected chi connectivity index (χ0v) is 14.8. The van der Waals surface area contributed by atoms with Crippen LogP contribution in [0.3, 0.4) is 0 Å². The average Bonchev–Trinajstić information content (AvgIpc) is 2.63. The molecular weight excluding hydrogens is 313 g/mol. The van der Waals surface area contributed by atoms with Gasteiger partial charge in [0.05, 0.1) is 0 Å². The summed E-state index contributed by atoms with van der Waals surface area (Å²) in [6.07, 6.45) is 0. The summed E-state index contributed by atoms with van der Waals surface area (Å²) in [6, 6.07) is 27.1. The lowest BCUT2D eigenvalue weighted by atomic mass is 10.1. The van der Waals surface area contributed by atoms with Gasteiger partial charge in [0.15, 0.2) is 0 Å². The van der Waals surface area contributed by atoms with Gasteiger partial charge in [-0.1, -0.05) is 60.7 Å². The van der Waals surface area contributed by atoms with E-state index in [1.165, 1.54) is 0 Å². The Morgan fingerprint density at radius 1 is 0.750 bits per heavy atom. The Bertz CT molecular complexity index is 858. The van der Waals surface area contributed by atoms with Crippen LogP contribution in [0.4, 0.5) is 0 Å². The molecule has 24 heavy (non-hydrogen) atoms. The molecule has 0 heterocycles. The van der Waals surface area contributed by atoms with E-state index in [0.29, 0.717) is 0 Å². The Balaban J connectivity index is 2.19. The van der Waals surface area contributed by atoms with Gasteiger partial charge >= 0.3 is 0 Å². The summed E-state index contributed by atoms with van der Waals surface area (Å²) in [4.78, 5) is 0. The van der Waals surface area contributed by atoms with Gasteiger partial charge in [0.2, 0.25) is 7.29 Å². The number of benzene rings is 3. The van der Waals surface area contributed by atoms with E-state index in [0.717, 1.165) is 27.4 Å². The van der Waals surface area contributed by atoms with Gasteiger partial charge in [-0.15, -0.1) is 0 Å². The summed E-state index contributed by atoms with van der Waals surface area (Å²) in [5.41, 5.74) is 2.96. The first-order valence-corrected chi connectivity index (χ1v) is 9.61. The van der Waals surface area contributed by atoms with Crippen LogP contribution >= 0.6 is 7.29 Å². The Morgan fingerprint density at radius 3 is 1.71 bits per heavy atom. The molecule has 0 aliphatic heterocycles. The van der Waals surface area contributed by atoms with Gasteiger partial charge in [0.25, 0.3) is 0 Å². The van der Waals surface area contributed by atoms with Crippen LogP contribution in [-0.2, 0) is 4.57 Å². The molecule has 0 aliphatic carbocycles. The predicted molar refractivity (Wildman–Crippen MR) is 103 cm³/mol. The highest BCUT2D eigenvalue weighted by atomic mass is 31.2. The lowest BCUT2D eigenvalue weighted by Crippen LogP contribution is -2.15. The van der Waals surface area contributed by atoms with Crippen molar-refractivity contribution in [1.29, 1.82) is 0 Å². The molecule has 0 bridgehead atoms. The quantitative estimate of drug-likeness (QED) is 0.501. The molecular formula is C21H20NOP. The Labute approximate surface area is 143 Å². The molecule has 0 atom stereocenters. The second-order valence-corrected chi connectivity index (χ2v) is 8.13. The molecule has 0 saturated heterocycles. The van der Waals surface area contributed by atoms with E-state index in [1.54, 1.807) is 0 Å². The highest BCUT2D eigenvalue weighted by Gasteiger charge is 2.26. The Kier molecular flexibility index (Phi) is 4.78. The van der Waals surface area contributed by atoms with E-state index < -0.39 is 7.29 Å². The van der Waals surface area contributed by atoms with Crippen LogP contribution < -0.4 is 10.6 Å². The lowest BCUT2D eigenvalue weighted by molar-refractivity contribution is 0.588. The largest absolute Gasteiger partial charge is 0.288 e. The third-order valence-electron chi connectivity index (χ3n) is 4.04. The third-order valence-corrected chi connectivity index (χ3v) is 6.62. The molecule has 0 aliphatic rings. The summed E-state index contributed by atoms with van der Waals surface area (Å²) in [6.45, 7) is 3.98. The molecule has 0 aromatic heterocycles. The van der Waals surface area contributed by atoms with Gasteiger partial charge in [-0.25, -0.2) is 4.76 Å². The highest BCUT2D eigenvalue weighted by molar-refractivity contribution is 7.77. The van der Waals surface area contributed by atoms with Crippen LogP contribution in [0.1, 0.15) is 18.1 Å². The fraction of sp³-hybridized carbons (Fsp3) is 0.0952. The first-order valence-electron chi connectivity index (χ1n) is 7.95. The summed E-state index contributed by atoms with van der Waals surface area (Å²) < 4.78 is 18.7. The minimum atomic E-state index is -3.08. The summed E-state index contributed by atoms with van der Waals surface area (Å²) in [5, 5.41) is 1.51. The van der Waals surface area contributed by atoms with Gasteiger partial charge in [0.1, 0.15) is 0 Å². The molecule has 3 rings (SSSR count). The first-order chi connectivity index (χ1) is 11.6. The van der Waals surface area contributed by atoms with Crippen molar-refractivity contribution in [3.05, 3.63) is 96.1 Å². The second kappa shape index (κ2) is 6.98. The average molecular weight is 333 g/mol. The van der Waals surface area contributed by atoms with Crippen molar-refractivity contribution in [1.82, 2.24) is 0 Å². The molecule has 0 unspecified atom stereocenters. The van der Waals surface area contributed by atoms with Crippen molar-refractivity contribution in [3.63, 3.8) is 0 Å². The van der Waals surface area contributed by atoms with E-state index in [9.17, 15) is 4.57 Å². The topological polar surface area (TPSA) is 29.4 Å². The van der Waals surface area contributed by atoms with Crippen LogP contribution in [0.15, 0.2) is 89.7 Å². The number of hydrogen-bond acceptors (Lipinski definition) is 1. The Morgan fingerprint density at radius 2 is 1.21 bits per heavy atom. The van der Waals surface area contributed by atoms with Gasteiger partial charge in [0, 0.05) is 16.3 Å². The van der Waals surface area contributed by atoms with E-state index in [4.69, 9.17) is 4.76 Å². The zero-order valence-electron chi connectivity index (χ0n) is 13.9. The van der Waals surface area contributed by atoms with Crippen LogP contribution in [0.2, 0.25) is 0 Å². The van der Waals surface area contributed by atoms with Crippen molar-refractivity contribution in [2.45, 2.75) is 13.8 Å². The van der Waals surface area contributed by atoms with E-state index >= 15 is 0 Å².